The summed E-state index contributed by atoms with van der Waals surface area (Å²) in [5, 5.41) is 22.9. The number of nitrogens with zero attached hydrogens (tertiary/aromatic N) is 3. The van der Waals surface area contributed by atoms with E-state index in [0.717, 1.165) is 24.9 Å². The number of carbonyl (C=O) groups excluding carboxylic acids is 1. The molecule has 0 atom stereocenters. The molecule has 0 fully saturated rings. The first-order valence-corrected chi connectivity index (χ1v) is 8.81. The average molecular weight is 347 g/mol. The van der Waals surface area contributed by atoms with Gasteiger partial charge in [0.05, 0.1) is 11.6 Å². The number of hydrogen-bond acceptors (Lipinski definition) is 5. The number of nitriles is 1. The van der Waals surface area contributed by atoms with Crippen molar-refractivity contribution < 1.29 is 4.79 Å². The zero-order valence-corrected chi connectivity index (χ0v) is 14.5. The highest BCUT2D eigenvalue weighted by atomic mass is 16.1. The van der Waals surface area contributed by atoms with Crippen LogP contribution in [0.5, 0.6) is 0 Å². The summed E-state index contributed by atoms with van der Waals surface area (Å²) in [4.78, 5) is 12.1. The third kappa shape index (κ3) is 4.90. The van der Waals surface area contributed by atoms with Crippen molar-refractivity contribution in [1.29, 1.82) is 5.26 Å². The van der Waals surface area contributed by atoms with Crippen LogP contribution in [-0.4, -0.2) is 22.6 Å². The zero-order valence-electron chi connectivity index (χ0n) is 14.5. The highest BCUT2D eigenvalue weighted by Gasteiger charge is 2.09. The van der Waals surface area contributed by atoms with Gasteiger partial charge < -0.3 is 10.6 Å². The summed E-state index contributed by atoms with van der Waals surface area (Å²) in [5.74, 6) is 0.302. The van der Waals surface area contributed by atoms with Gasteiger partial charge in [0.15, 0.2) is 11.5 Å². The van der Waals surface area contributed by atoms with E-state index in [1.807, 2.05) is 6.07 Å². The Kier molecular flexibility index (Phi) is 5.94. The summed E-state index contributed by atoms with van der Waals surface area (Å²) in [6, 6.07) is 12.5. The highest BCUT2D eigenvalue weighted by Crippen LogP contribution is 2.19. The number of aromatic nitrogens is 2. The Balaban J connectivity index is 1.52. The number of benzene rings is 1. The van der Waals surface area contributed by atoms with Crippen molar-refractivity contribution in [3.05, 3.63) is 59.3 Å². The first-order chi connectivity index (χ1) is 12.7. The number of anilines is 2. The minimum absolute atomic E-state index is 0.216. The Labute approximate surface area is 153 Å². The molecule has 0 spiro atoms. The monoisotopic (exact) mass is 347 g/mol. The quantitative estimate of drug-likeness (QED) is 0.777. The van der Waals surface area contributed by atoms with Crippen LogP contribution in [0.2, 0.25) is 0 Å². The van der Waals surface area contributed by atoms with Crippen LogP contribution in [0.4, 0.5) is 11.5 Å². The van der Waals surface area contributed by atoms with E-state index >= 15 is 0 Å². The second kappa shape index (κ2) is 8.77. The summed E-state index contributed by atoms with van der Waals surface area (Å²) in [7, 11) is 0. The van der Waals surface area contributed by atoms with Gasteiger partial charge in [-0.25, -0.2) is 0 Å². The van der Waals surface area contributed by atoms with Gasteiger partial charge in [-0.1, -0.05) is 17.7 Å². The van der Waals surface area contributed by atoms with Gasteiger partial charge in [-0.3, -0.25) is 4.79 Å². The molecule has 0 aliphatic heterocycles. The number of rotatable bonds is 6. The molecule has 1 aromatic heterocycles. The Morgan fingerprint density at radius 1 is 1.19 bits per heavy atom. The molecule has 0 saturated heterocycles. The Morgan fingerprint density at radius 2 is 2.12 bits per heavy atom. The molecule has 1 aliphatic carbocycles. The Hall–Kier alpha value is -3.20. The molecule has 1 aromatic carbocycles. The maximum atomic E-state index is 12.1. The summed E-state index contributed by atoms with van der Waals surface area (Å²) >= 11 is 0. The highest BCUT2D eigenvalue weighted by molar-refractivity contribution is 5.92. The van der Waals surface area contributed by atoms with E-state index in [9.17, 15) is 4.79 Å². The van der Waals surface area contributed by atoms with Crippen molar-refractivity contribution >= 4 is 17.4 Å². The lowest BCUT2D eigenvalue weighted by Gasteiger charge is -2.12. The van der Waals surface area contributed by atoms with E-state index < -0.39 is 0 Å². The van der Waals surface area contributed by atoms with Gasteiger partial charge in [-0.15, -0.1) is 10.2 Å². The average Bonchev–Trinajstić information content (AvgIpc) is 2.69. The third-order valence-corrected chi connectivity index (χ3v) is 4.28. The normalized spacial score (nSPS) is 13.4. The number of allylic oxidation sites excluding steroid dienone is 1. The molecule has 6 nitrogen and oxygen atoms in total. The molecular weight excluding hydrogens is 326 g/mol. The molecule has 2 N–H and O–H groups in total. The second-order valence-electron chi connectivity index (χ2n) is 6.24. The molecule has 0 bridgehead atoms. The van der Waals surface area contributed by atoms with Crippen LogP contribution >= 0.6 is 0 Å². The van der Waals surface area contributed by atoms with Crippen LogP contribution in [0.15, 0.2) is 48.0 Å². The van der Waals surface area contributed by atoms with Crippen molar-refractivity contribution in [2.24, 2.45) is 0 Å². The minimum atomic E-state index is -0.216. The first kappa shape index (κ1) is 17.6. The van der Waals surface area contributed by atoms with Crippen molar-refractivity contribution in [2.45, 2.75) is 32.1 Å². The van der Waals surface area contributed by atoms with Gasteiger partial charge in [-0.05, 0) is 62.4 Å². The number of hydrogen-bond donors (Lipinski definition) is 2. The molecule has 0 unspecified atom stereocenters. The van der Waals surface area contributed by atoms with Crippen molar-refractivity contribution in [2.75, 3.05) is 11.9 Å². The van der Waals surface area contributed by atoms with Gasteiger partial charge in [0.25, 0.3) is 5.91 Å². The van der Waals surface area contributed by atoms with Gasteiger partial charge in [0, 0.05) is 12.2 Å². The zero-order chi connectivity index (χ0) is 18.2. The molecule has 1 amide bonds. The van der Waals surface area contributed by atoms with Gasteiger partial charge >= 0.3 is 0 Å². The van der Waals surface area contributed by atoms with E-state index in [2.05, 4.69) is 33.0 Å². The van der Waals surface area contributed by atoms with Crippen LogP contribution in [0.3, 0.4) is 0 Å². The molecule has 0 radical (unpaired) electrons. The predicted molar refractivity (Wildman–Crippen MR) is 100.0 cm³/mol. The molecule has 132 valence electrons. The fraction of sp³-hybridized carbons (Fsp3) is 0.300. The summed E-state index contributed by atoms with van der Waals surface area (Å²) in [6.07, 6.45) is 8.00. The molecule has 2 aromatic rings. The SMILES string of the molecule is N#Cc1cccc(Nc2ccc(C(=O)NCCC3=CCCCC3)nn2)c1. The second-order valence-corrected chi connectivity index (χ2v) is 6.24. The Bertz CT molecular complexity index is 836. The van der Waals surface area contributed by atoms with Crippen LogP contribution in [0, 0.1) is 11.3 Å². The van der Waals surface area contributed by atoms with Crippen molar-refractivity contribution in [1.82, 2.24) is 15.5 Å². The fourth-order valence-corrected chi connectivity index (χ4v) is 2.89. The van der Waals surface area contributed by atoms with Crippen LogP contribution in [0.1, 0.15) is 48.2 Å². The molecule has 1 aliphatic rings. The third-order valence-electron chi connectivity index (χ3n) is 4.28. The Morgan fingerprint density at radius 3 is 2.85 bits per heavy atom. The number of nitrogens with one attached hydrogen (secondary N) is 2. The largest absolute Gasteiger partial charge is 0.350 e. The minimum Gasteiger partial charge on any atom is -0.350 e. The summed E-state index contributed by atoms with van der Waals surface area (Å²) < 4.78 is 0. The van der Waals surface area contributed by atoms with E-state index in [0.29, 0.717) is 23.6 Å². The van der Waals surface area contributed by atoms with E-state index in [1.54, 1.807) is 30.3 Å². The molecule has 6 heteroatoms. The van der Waals surface area contributed by atoms with Crippen LogP contribution in [0.25, 0.3) is 0 Å². The van der Waals surface area contributed by atoms with Gasteiger partial charge in [-0.2, -0.15) is 5.26 Å². The van der Waals surface area contributed by atoms with Gasteiger partial charge in [0.1, 0.15) is 0 Å². The van der Waals surface area contributed by atoms with E-state index in [4.69, 9.17) is 5.26 Å². The molecule has 3 rings (SSSR count). The van der Waals surface area contributed by atoms with E-state index in [1.165, 1.54) is 18.4 Å². The summed E-state index contributed by atoms with van der Waals surface area (Å²) in [6.45, 7) is 0.618. The lowest BCUT2D eigenvalue weighted by molar-refractivity contribution is 0.0948. The maximum absolute atomic E-state index is 12.1. The fourth-order valence-electron chi connectivity index (χ4n) is 2.89. The molecule has 26 heavy (non-hydrogen) atoms. The molecular formula is C20H21N5O. The maximum Gasteiger partial charge on any atom is 0.271 e. The lowest BCUT2D eigenvalue weighted by Crippen LogP contribution is -2.26. The summed E-state index contributed by atoms with van der Waals surface area (Å²) in [5.41, 5.74) is 3.03. The van der Waals surface area contributed by atoms with Crippen molar-refractivity contribution in [3.8, 4) is 6.07 Å². The standard InChI is InChI=1S/C20H21N5O/c21-14-16-7-4-8-17(13-16)23-19-10-9-18(24-25-19)20(26)22-12-11-15-5-2-1-3-6-15/h4-5,7-10,13H,1-3,6,11-12H2,(H,22,26)(H,23,25). The van der Waals surface area contributed by atoms with Crippen LogP contribution in [-0.2, 0) is 0 Å². The predicted octanol–water partition coefficient (Wildman–Crippen LogP) is 3.71. The topological polar surface area (TPSA) is 90.7 Å². The lowest BCUT2D eigenvalue weighted by atomic mass is 9.97. The molecule has 0 saturated carbocycles. The smallest absolute Gasteiger partial charge is 0.271 e. The number of carbonyl (C=O) groups is 1. The first-order valence-electron chi connectivity index (χ1n) is 8.81. The van der Waals surface area contributed by atoms with Gasteiger partial charge in [0.2, 0.25) is 0 Å². The molecule has 1 heterocycles. The van der Waals surface area contributed by atoms with E-state index in [-0.39, 0.29) is 5.91 Å². The van der Waals surface area contributed by atoms with Crippen molar-refractivity contribution in [3.63, 3.8) is 0 Å². The number of amides is 1. The van der Waals surface area contributed by atoms with Crippen LogP contribution < -0.4 is 10.6 Å².